The van der Waals surface area contributed by atoms with Gasteiger partial charge in [-0.15, -0.1) is 0 Å². The Morgan fingerprint density at radius 2 is 1.88 bits per heavy atom. The lowest BCUT2D eigenvalue weighted by Gasteiger charge is -2.47. The van der Waals surface area contributed by atoms with Gasteiger partial charge >= 0.3 is 0 Å². The highest BCUT2D eigenvalue weighted by Gasteiger charge is 2.46. The fourth-order valence-electron chi connectivity index (χ4n) is 4.13. The van der Waals surface area contributed by atoms with Gasteiger partial charge in [-0.3, -0.25) is 0 Å². The molecule has 0 aromatic heterocycles. The van der Waals surface area contributed by atoms with Gasteiger partial charge in [0, 0.05) is 5.92 Å². The van der Waals surface area contributed by atoms with Crippen LogP contribution in [-0.4, -0.2) is 19.0 Å². The van der Waals surface area contributed by atoms with Gasteiger partial charge in [-0.05, 0) is 50.4 Å². The van der Waals surface area contributed by atoms with Crippen LogP contribution in [0.4, 0.5) is 0 Å². The van der Waals surface area contributed by atoms with Crippen LogP contribution >= 0.6 is 0 Å². The average Bonchev–Trinajstić information content (AvgIpc) is 2.45. The fourth-order valence-corrected chi connectivity index (χ4v) is 4.13. The van der Waals surface area contributed by atoms with Crippen molar-refractivity contribution >= 4 is 0 Å². The molecule has 0 radical (unpaired) electrons. The molecule has 1 aliphatic carbocycles. The Balaban J connectivity index is 1.85. The van der Waals surface area contributed by atoms with Gasteiger partial charge in [0.2, 0.25) is 0 Å². The van der Waals surface area contributed by atoms with Crippen LogP contribution in [-0.2, 0) is 9.47 Å². The van der Waals surface area contributed by atoms with E-state index in [1.165, 1.54) is 32.1 Å². The molecular formula is C14H24O2. The molecule has 3 rings (SSSR count). The average molecular weight is 224 g/mol. The number of rotatable bonds is 0. The van der Waals surface area contributed by atoms with Gasteiger partial charge in [0.05, 0.1) is 12.7 Å². The molecule has 3 aliphatic rings. The number of ether oxygens (including phenoxy) is 2. The van der Waals surface area contributed by atoms with Crippen molar-refractivity contribution in [1.82, 2.24) is 0 Å². The molecule has 2 heterocycles. The van der Waals surface area contributed by atoms with E-state index in [1.54, 1.807) is 0 Å². The SMILES string of the molecule is CC1CO[C@@H]2O[C@@H](C)CC[C@H]3CCCC1C32. The van der Waals surface area contributed by atoms with Crippen LogP contribution in [0, 0.1) is 23.7 Å². The van der Waals surface area contributed by atoms with E-state index >= 15 is 0 Å². The molecule has 2 heteroatoms. The van der Waals surface area contributed by atoms with Gasteiger partial charge < -0.3 is 9.47 Å². The van der Waals surface area contributed by atoms with Crippen LogP contribution in [0.3, 0.4) is 0 Å². The van der Waals surface area contributed by atoms with Crippen LogP contribution in [0.25, 0.3) is 0 Å². The summed E-state index contributed by atoms with van der Waals surface area (Å²) in [5.41, 5.74) is 0. The zero-order chi connectivity index (χ0) is 11.1. The molecular weight excluding hydrogens is 200 g/mol. The van der Waals surface area contributed by atoms with Gasteiger partial charge in [0.1, 0.15) is 0 Å². The third-order valence-electron chi connectivity index (χ3n) is 5.03. The minimum Gasteiger partial charge on any atom is -0.352 e. The predicted octanol–water partition coefficient (Wildman–Crippen LogP) is 3.21. The Hall–Kier alpha value is -0.0800. The maximum Gasteiger partial charge on any atom is 0.161 e. The summed E-state index contributed by atoms with van der Waals surface area (Å²) < 4.78 is 12.0. The summed E-state index contributed by atoms with van der Waals surface area (Å²) in [6, 6.07) is 0. The topological polar surface area (TPSA) is 18.5 Å². The lowest BCUT2D eigenvalue weighted by molar-refractivity contribution is -0.245. The van der Waals surface area contributed by atoms with E-state index in [4.69, 9.17) is 9.47 Å². The minimum atomic E-state index is 0.115. The van der Waals surface area contributed by atoms with E-state index in [-0.39, 0.29) is 6.29 Å². The Labute approximate surface area is 98.7 Å². The van der Waals surface area contributed by atoms with Crippen LogP contribution in [0.1, 0.15) is 46.0 Å². The molecule has 16 heavy (non-hydrogen) atoms. The molecule has 0 spiro atoms. The van der Waals surface area contributed by atoms with Crippen molar-refractivity contribution in [2.75, 3.05) is 6.61 Å². The van der Waals surface area contributed by atoms with Crippen LogP contribution in [0.15, 0.2) is 0 Å². The normalized spacial score (nSPS) is 52.9. The van der Waals surface area contributed by atoms with Crippen molar-refractivity contribution in [2.45, 2.75) is 58.3 Å². The summed E-state index contributed by atoms with van der Waals surface area (Å²) >= 11 is 0. The van der Waals surface area contributed by atoms with Gasteiger partial charge in [-0.2, -0.15) is 0 Å². The van der Waals surface area contributed by atoms with Gasteiger partial charge in [0.25, 0.3) is 0 Å². The molecule has 0 bridgehead atoms. The second kappa shape index (κ2) is 4.30. The highest BCUT2D eigenvalue weighted by Crippen LogP contribution is 2.48. The first-order valence-electron chi connectivity index (χ1n) is 7.03. The van der Waals surface area contributed by atoms with Crippen molar-refractivity contribution in [1.29, 1.82) is 0 Å². The van der Waals surface area contributed by atoms with Gasteiger partial charge in [-0.1, -0.05) is 13.3 Å². The molecule has 3 fully saturated rings. The molecule has 2 saturated heterocycles. The monoisotopic (exact) mass is 224 g/mol. The van der Waals surface area contributed by atoms with Crippen molar-refractivity contribution in [3.05, 3.63) is 0 Å². The molecule has 0 aromatic rings. The molecule has 2 aliphatic heterocycles. The zero-order valence-corrected chi connectivity index (χ0v) is 10.5. The standard InChI is InChI=1S/C14H24O2/c1-9-8-15-14-13-11(4-3-5-12(9)13)7-6-10(2)16-14/h9-14H,3-8H2,1-2H3/t9?,10-,11+,12?,13?,14+/m0/s1. The predicted molar refractivity (Wildman–Crippen MR) is 63.0 cm³/mol. The molecule has 1 saturated carbocycles. The summed E-state index contributed by atoms with van der Waals surface area (Å²) in [5.74, 6) is 3.17. The molecule has 92 valence electrons. The van der Waals surface area contributed by atoms with E-state index in [1.807, 2.05) is 0 Å². The Morgan fingerprint density at radius 1 is 1.00 bits per heavy atom. The smallest absolute Gasteiger partial charge is 0.161 e. The van der Waals surface area contributed by atoms with E-state index in [0.29, 0.717) is 12.0 Å². The molecule has 2 nitrogen and oxygen atoms in total. The second-order valence-corrected chi connectivity index (χ2v) is 6.14. The van der Waals surface area contributed by atoms with Crippen molar-refractivity contribution < 1.29 is 9.47 Å². The Morgan fingerprint density at radius 3 is 2.75 bits per heavy atom. The summed E-state index contributed by atoms with van der Waals surface area (Å²) in [5, 5.41) is 0. The number of hydrogen-bond acceptors (Lipinski definition) is 2. The first kappa shape index (κ1) is 11.0. The van der Waals surface area contributed by atoms with Gasteiger partial charge in [-0.25, -0.2) is 0 Å². The zero-order valence-electron chi connectivity index (χ0n) is 10.5. The molecule has 3 unspecified atom stereocenters. The van der Waals surface area contributed by atoms with E-state index in [2.05, 4.69) is 13.8 Å². The molecule has 0 amide bonds. The largest absolute Gasteiger partial charge is 0.352 e. The minimum absolute atomic E-state index is 0.115. The fraction of sp³-hybridized carbons (Fsp3) is 1.00. The van der Waals surface area contributed by atoms with E-state index in [9.17, 15) is 0 Å². The molecule has 6 atom stereocenters. The first-order valence-corrected chi connectivity index (χ1v) is 7.03. The molecule has 0 aromatic carbocycles. The highest BCUT2D eigenvalue weighted by molar-refractivity contribution is 4.91. The summed E-state index contributed by atoms with van der Waals surface area (Å²) in [4.78, 5) is 0. The van der Waals surface area contributed by atoms with Gasteiger partial charge in [0.15, 0.2) is 6.29 Å². The quantitative estimate of drug-likeness (QED) is 0.629. The van der Waals surface area contributed by atoms with Crippen LogP contribution in [0.5, 0.6) is 0 Å². The first-order chi connectivity index (χ1) is 7.75. The highest BCUT2D eigenvalue weighted by atomic mass is 16.7. The number of hydrogen-bond donors (Lipinski definition) is 0. The van der Waals surface area contributed by atoms with Crippen LogP contribution in [0.2, 0.25) is 0 Å². The summed E-state index contributed by atoms with van der Waals surface area (Å²) in [6.45, 7) is 5.47. The lowest BCUT2D eigenvalue weighted by atomic mass is 9.65. The Bertz CT molecular complexity index is 253. The van der Waals surface area contributed by atoms with E-state index in [0.717, 1.165) is 24.4 Å². The second-order valence-electron chi connectivity index (χ2n) is 6.14. The van der Waals surface area contributed by atoms with Crippen molar-refractivity contribution in [2.24, 2.45) is 23.7 Å². The van der Waals surface area contributed by atoms with E-state index < -0.39 is 0 Å². The maximum absolute atomic E-state index is 6.08. The third-order valence-corrected chi connectivity index (χ3v) is 5.03. The summed E-state index contributed by atoms with van der Waals surface area (Å²) in [6.07, 6.45) is 7.33. The molecule has 0 N–H and O–H groups in total. The van der Waals surface area contributed by atoms with Crippen molar-refractivity contribution in [3.8, 4) is 0 Å². The van der Waals surface area contributed by atoms with Crippen LogP contribution < -0.4 is 0 Å². The summed E-state index contributed by atoms with van der Waals surface area (Å²) in [7, 11) is 0. The lowest BCUT2D eigenvalue weighted by Crippen LogP contribution is -2.47. The van der Waals surface area contributed by atoms with Crippen molar-refractivity contribution in [3.63, 3.8) is 0 Å². The third kappa shape index (κ3) is 1.80. The maximum atomic E-state index is 6.08. The Kier molecular flexibility index (Phi) is 2.97.